The lowest BCUT2D eigenvalue weighted by Crippen LogP contribution is -2.51. The average molecular weight is 352 g/mol. The fourth-order valence-corrected chi connectivity index (χ4v) is 2.30. The summed E-state index contributed by atoms with van der Waals surface area (Å²) in [7, 11) is 0. The van der Waals surface area contributed by atoms with Crippen LogP contribution in [0.3, 0.4) is 0 Å². The highest BCUT2D eigenvalue weighted by atomic mass is 19.4. The molecule has 1 atom stereocenters. The Morgan fingerprint density at radius 1 is 1.28 bits per heavy atom. The second kappa shape index (κ2) is 6.84. The van der Waals surface area contributed by atoms with Crippen LogP contribution in [0.1, 0.15) is 19.4 Å². The molecule has 0 saturated carbocycles. The van der Waals surface area contributed by atoms with E-state index in [2.05, 4.69) is 5.32 Å². The third-order valence-electron chi connectivity index (χ3n) is 3.55. The van der Waals surface area contributed by atoms with E-state index in [0.717, 1.165) is 0 Å². The standard InChI is InChI=1S/C16H15F3N4O2/c1-9(2)13(22-15(25)16(17,18)19)14(24)21-11-8-23-6-4-3-5-12(23)10(11)7-20/h3-6,8-9,13H,1-2H3,(H,21,24)(H,22,25). The summed E-state index contributed by atoms with van der Waals surface area (Å²) in [6.07, 6.45) is -1.94. The smallest absolute Gasteiger partial charge is 0.336 e. The number of aromatic nitrogens is 1. The number of amides is 2. The number of carbonyl (C=O) groups is 2. The Bertz CT molecular complexity index is 849. The SMILES string of the molecule is CC(C)C(NC(=O)C(F)(F)F)C(=O)Nc1cn2ccccc2c1C#N. The summed E-state index contributed by atoms with van der Waals surface area (Å²) >= 11 is 0. The molecule has 1 unspecified atom stereocenters. The van der Waals surface area contributed by atoms with Gasteiger partial charge in [-0.3, -0.25) is 9.59 Å². The Morgan fingerprint density at radius 2 is 1.96 bits per heavy atom. The monoisotopic (exact) mass is 352 g/mol. The molecule has 9 heteroatoms. The maximum atomic E-state index is 12.4. The minimum atomic E-state index is -5.09. The lowest BCUT2D eigenvalue weighted by atomic mass is 10.0. The summed E-state index contributed by atoms with van der Waals surface area (Å²) in [6.45, 7) is 3.00. The van der Waals surface area contributed by atoms with Gasteiger partial charge in [0.05, 0.1) is 11.2 Å². The van der Waals surface area contributed by atoms with E-state index in [1.807, 2.05) is 6.07 Å². The van der Waals surface area contributed by atoms with Crippen molar-refractivity contribution in [3.63, 3.8) is 0 Å². The first-order valence-electron chi connectivity index (χ1n) is 7.33. The number of fused-ring (bicyclic) bond motifs is 1. The number of carbonyl (C=O) groups excluding carboxylic acids is 2. The molecule has 6 nitrogen and oxygen atoms in total. The van der Waals surface area contributed by atoms with Crippen molar-refractivity contribution in [2.45, 2.75) is 26.1 Å². The van der Waals surface area contributed by atoms with Crippen molar-refractivity contribution in [1.82, 2.24) is 9.72 Å². The zero-order valence-electron chi connectivity index (χ0n) is 13.4. The third kappa shape index (κ3) is 3.91. The predicted molar refractivity (Wildman–Crippen MR) is 83.6 cm³/mol. The average Bonchev–Trinajstić information content (AvgIpc) is 2.87. The first-order chi connectivity index (χ1) is 11.6. The summed E-state index contributed by atoms with van der Waals surface area (Å²) in [5, 5.41) is 13.4. The van der Waals surface area contributed by atoms with Crippen molar-refractivity contribution in [1.29, 1.82) is 5.26 Å². The molecule has 2 rings (SSSR count). The number of halogens is 3. The zero-order valence-corrected chi connectivity index (χ0v) is 13.4. The van der Waals surface area contributed by atoms with Crippen LogP contribution in [0.15, 0.2) is 30.6 Å². The number of hydrogen-bond acceptors (Lipinski definition) is 3. The van der Waals surface area contributed by atoms with Crippen LogP contribution in [0.4, 0.5) is 18.9 Å². The van der Waals surface area contributed by atoms with Gasteiger partial charge in [-0.25, -0.2) is 0 Å². The fraction of sp³-hybridized carbons (Fsp3) is 0.312. The molecule has 0 saturated heterocycles. The van der Waals surface area contributed by atoms with E-state index < -0.39 is 30.0 Å². The van der Waals surface area contributed by atoms with Gasteiger partial charge in [-0.05, 0) is 18.1 Å². The maximum absolute atomic E-state index is 12.4. The summed E-state index contributed by atoms with van der Waals surface area (Å²) in [5.74, 6) is -3.61. The highest BCUT2D eigenvalue weighted by Gasteiger charge is 2.41. The first kappa shape index (κ1) is 18.3. The van der Waals surface area contributed by atoms with Gasteiger partial charge in [0, 0.05) is 12.4 Å². The molecule has 2 heterocycles. The summed E-state index contributed by atoms with van der Waals surface area (Å²) in [5.41, 5.74) is 0.880. The summed E-state index contributed by atoms with van der Waals surface area (Å²) < 4.78 is 38.9. The van der Waals surface area contributed by atoms with Crippen molar-refractivity contribution >= 4 is 23.0 Å². The van der Waals surface area contributed by atoms with Crippen molar-refractivity contribution in [3.05, 3.63) is 36.2 Å². The minimum absolute atomic E-state index is 0.158. The quantitative estimate of drug-likeness (QED) is 0.886. The molecule has 0 spiro atoms. The van der Waals surface area contributed by atoms with Crippen LogP contribution in [0, 0.1) is 17.2 Å². The Labute approximate surface area is 141 Å². The number of hydrogen-bond donors (Lipinski definition) is 2. The van der Waals surface area contributed by atoms with Gasteiger partial charge in [-0.15, -0.1) is 0 Å². The van der Waals surface area contributed by atoms with Crippen molar-refractivity contribution in [2.24, 2.45) is 5.92 Å². The molecule has 0 aliphatic carbocycles. The van der Waals surface area contributed by atoms with Gasteiger partial charge in [-0.2, -0.15) is 18.4 Å². The van der Waals surface area contributed by atoms with Gasteiger partial charge in [0.1, 0.15) is 17.7 Å². The van der Waals surface area contributed by atoms with Crippen molar-refractivity contribution in [2.75, 3.05) is 5.32 Å². The van der Waals surface area contributed by atoms with Gasteiger partial charge in [-0.1, -0.05) is 19.9 Å². The van der Waals surface area contributed by atoms with Crippen LogP contribution in [-0.4, -0.2) is 28.4 Å². The fourth-order valence-electron chi connectivity index (χ4n) is 2.30. The van der Waals surface area contributed by atoms with Crippen molar-refractivity contribution in [3.8, 4) is 6.07 Å². The second-order valence-electron chi connectivity index (χ2n) is 5.70. The molecule has 2 N–H and O–H groups in total. The lowest BCUT2D eigenvalue weighted by molar-refractivity contribution is -0.175. The van der Waals surface area contributed by atoms with Crippen LogP contribution in [0.5, 0.6) is 0 Å². The number of rotatable bonds is 4. The molecule has 25 heavy (non-hydrogen) atoms. The van der Waals surface area contributed by atoms with E-state index in [0.29, 0.717) is 5.52 Å². The number of nitrogens with one attached hydrogen (secondary N) is 2. The molecule has 0 fully saturated rings. The number of alkyl halides is 3. The van der Waals surface area contributed by atoms with Crippen LogP contribution < -0.4 is 10.6 Å². The Balaban J connectivity index is 2.27. The lowest BCUT2D eigenvalue weighted by Gasteiger charge is -2.22. The van der Waals surface area contributed by atoms with Gasteiger partial charge < -0.3 is 15.0 Å². The van der Waals surface area contributed by atoms with Crippen LogP contribution in [0.25, 0.3) is 5.52 Å². The topological polar surface area (TPSA) is 86.4 Å². The third-order valence-corrected chi connectivity index (χ3v) is 3.55. The van der Waals surface area contributed by atoms with Gasteiger partial charge in [0.2, 0.25) is 5.91 Å². The Kier molecular flexibility index (Phi) is 5.02. The second-order valence-corrected chi connectivity index (χ2v) is 5.70. The molecule has 2 amide bonds. The van der Waals surface area contributed by atoms with E-state index in [1.54, 1.807) is 34.1 Å². The van der Waals surface area contributed by atoms with Crippen LogP contribution >= 0.6 is 0 Å². The molecule has 0 bridgehead atoms. The van der Waals surface area contributed by atoms with E-state index in [1.165, 1.54) is 20.0 Å². The normalized spacial score (nSPS) is 12.7. The highest BCUT2D eigenvalue weighted by Crippen LogP contribution is 2.23. The molecule has 0 aliphatic rings. The highest BCUT2D eigenvalue weighted by molar-refractivity contribution is 6.00. The van der Waals surface area contributed by atoms with Gasteiger partial charge >= 0.3 is 12.1 Å². The summed E-state index contributed by atoms with van der Waals surface area (Å²) in [4.78, 5) is 23.5. The van der Waals surface area contributed by atoms with Gasteiger partial charge in [0.15, 0.2) is 0 Å². The number of pyridine rings is 1. The largest absolute Gasteiger partial charge is 0.471 e. The molecule has 132 valence electrons. The molecular weight excluding hydrogens is 337 g/mol. The maximum Gasteiger partial charge on any atom is 0.471 e. The Morgan fingerprint density at radius 3 is 2.52 bits per heavy atom. The molecule has 2 aromatic rings. The first-order valence-corrected chi connectivity index (χ1v) is 7.33. The van der Waals surface area contributed by atoms with E-state index in [9.17, 15) is 28.0 Å². The van der Waals surface area contributed by atoms with Crippen LogP contribution in [0.2, 0.25) is 0 Å². The van der Waals surface area contributed by atoms with Crippen molar-refractivity contribution < 1.29 is 22.8 Å². The molecule has 0 aliphatic heterocycles. The van der Waals surface area contributed by atoms with Crippen LogP contribution in [-0.2, 0) is 9.59 Å². The number of nitriles is 1. The summed E-state index contributed by atoms with van der Waals surface area (Å²) in [6, 6.07) is 5.65. The van der Waals surface area contributed by atoms with Gasteiger partial charge in [0.25, 0.3) is 0 Å². The van der Waals surface area contributed by atoms with E-state index >= 15 is 0 Å². The molecule has 0 aromatic carbocycles. The predicted octanol–water partition coefficient (Wildman–Crippen LogP) is 2.45. The zero-order chi connectivity index (χ0) is 18.8. The Hall–Kier alpha value is -3.02. The molecular formula is C16H15F3N4O2. The minimum Gasteiger partial charge on any atom is -0.336 e. The molecule has 0 radical (unpaired) electrons. The number of anilines is 1. The number of nitrogens with zero attached hydrogens (tertiary/aromatic N) is 2. The van der Waals surface area contributed by atoms with E-state index in [4.69, 9.17) is 0 Å². The molecule has 2 aromatic heterocycles. The van der Waals surface area contributed by atoms with E-state index in [-0.39, 0.29) is 11.3 Å².